The Balaban J connectivity index is 2.17. The third kappa shape index (κ3) is 2.52. The summed E-state index contributed by atoms with van der Waals surface area (Å²) in [6.45, 7) is 1.22. The molecule has 0 aromatic heterocycles. The van der Waals surface area contributed by atoms with E-state index >= 15 is 0 Å². The number of amides is 1. The zero-order chi connectivity index (χ0) is 12.3. The van der Waals surface area contributed by atoms with Gasteiger partial charge in [0.15, 0.2) is 0 Å². The van der Waals surface area contributed by atoms with Crippen LogP contribution >= 0.6 is 0 Å². The Morgan fingerprint density at radius 2 is 2.18 bits per heavy atom. The van der Waals surface area contributed by atoms with Crippen LogP contribution in [0.25, 0.3) is 0 Å². The van der Waals surface area contributed by atoms with Crippen LogP contribution in [0.2, 0.25) is 0 Å². The predicted octanol–water partition coefficient (Wildman–Crippen LogP) is 1.94. The molecular formula is C11H12N2O4. The molecule has 2 rings (SSSR count). The van der Waals surface area contributed by atoms with Gasteiger partial charge in [0.1, 0.15) is 0 Å². The molecule has 0 atom stereocenters. The summed E-state index contributed by atoms with van der Waals surface area (Å²) in [5.74, 6) is 0. The number of nitro benzene ring substituents is 1. The van der Waals surface area contributed by atoms with Crippen LogP contribution in [-0.2, 0) is 11.3 Å². The number of para-hydroxylation sites is 1. The van der Waals surface area contributed by atoms with Gasteiger partial charge >= 0.3 is 6.09 Å². The smallest absolute Gasteiger partial charge is 0.410 e. The summed E-state index contributed by atoms with van der Waals surface area (Å²) in [6, 6.07) is 6.42. The quantitative estimate of drug-likeness (QED) is 0.593. The van der Waals surface area contributed by atoms with E-state index in [0.717, 1.165) is 6.42 Å². The lowest BCUT2D eigenvalue weighted by Gasteiger charge is -2.26. The SMILES string of the molecule is O=C1OCCCN1Cc1ccccc1[N+](=O)[O-]. The average molecular weight is 236 g/mol. The fourth-order valence-corrected chi connectivity index (χ4v) is 1.77. The normalized spacial score (nSPS) is 15.5. The summed E-state index contributed by atoms with van der Waals surface area (Å²) in [5.41, 5.74) is 0.558. The molecule has 0 radical (unpaired) electrons. The molecule has 0 saturated carbocycles. The van der Waals surface area contributed by atoms with Crippen LogP contribution < -0.4 is 0 Å². The number of nitro groups is 1. The molecule has 1 aromatic carbocycles. The Hall–Kier alpha value is -2.11. The number of benzene rings is 1. The second kappa shape index (κ2) is 4.82. The second-order valence-electron chi connectivity index (χ2n) is 3.78. The molecule has 1 aliphatic rings. The lowest BCUT2D eigenvalue weighted by atomic mass is 10.1. The van der Waals surface area contributed by atoms with E-state index in [1.54, 1.807) is 18.2 Å². The number of carbonyl (C=O) groups is 1. The molecule has 90 valence electrons. The van der Waals surface area contributed by atoms with Crippen molar-refractivity contribution in [1.29, 1.82) is 0 Å². The minimum absolute atomic E-state index is 0.0332. The van der Waals surface area contributed by atoms with Crippen LogP contribution in [-0.4, -0.2) is 29.1 Å². The lowest BCUT2D eigenvalue weighted by Crippen LogP contribution is -2.37. The van der Waals surface area contributed by atoms with Gasteiger partial charge in [-0.3, -0.25) is 10.1 Å². The Kier molecular flexibility index (Phi) is 3.22. The number of rotatable bonds is 3. The van der Waals surface area contributed by atoms with Gasteiger partial charge in [0.2, 0.25) is 0 Å². The third-order valence-electron chi connectivity index (χ3n) is 2.61. The summed E-state index contributed by atoms with van der Waals surface area (Å²) >= 11 is 0. The predicted molar refractivity (Wildman–Crippen MR) is 59.5 cm³/mol. The van der Waals surface area contributed by atoms with Crippen LogP contribution in [0.5, 0.6) is 0 Å². The molecule has 0 N–H and O–H groups in total. The monoisotopic (exact) mass is 236 g/mol. The maximum absolute atomic E-state index is 11.4. The van der Waals surface area contributed by atoms with Crippen LogP contribution in [0, 0.1) is 10.1 Å². The van der Waals surface area contributed by atoms with Crippen molar-refractivity contribution in [2.75, 3.05) is 13.2 Å². The highest BCUT2D eigenvalue weighted by molar-refractivity contribution is 5.68. The number of carbonyl (C=O) groups excluding carboxylic acids is 1. The maximum Gasteiger partial charge on any atom is 0.410 e. The molecule has 1 amide bonds. The molecule has 0 spiro atoms. The molecule has 0 bridgehead atoms. The van der Waals surface area contributed by atoms with Crippen molar-refractivity contribution < 1.29 is 14.5 Å². The first-order chi connectivity index (χ1) is 8.18. The van der Waals surface area contributed by atoms with Gasteiger partial charge in [-0.2, -0.15) is 0 Å². The molecular weight excluding hydrogens is 224 g/mol. The van der Waals surface area contributed by atoms with Crippen molar-refractivity contribution in [3.05, 3.63) is 39.9 Å². The second-order valence-corrected chi connectivity index (χ2v) is 3.78. The standard InChI is InChI=1S/C11H12N2O4/c14-11-12(6-3-7-17-11)8-9-4-1-2-5-10(9)13(15)16/h1-2,4-5H,3,6-8H2. The van der Waals surface area contributed by atoms with E-state index < -0.39 is 11.0 Å². The molecule has 1 saturated heterocycles. The summed E-state index contributed by atoms with van der Waals surface area (Å²) in [4.78, 5) is 23.3. The molecule has 0 aliphatic carbocycles. The van der Waals surface area contributed by atoms with Gasteiger partial charge in [-0.25, -0.2) is 4.79 Å². The summed E-state index contributed by atoms with van der Waals surface area (Å²) in [7, 11) is 0. The molecule has 1 aromatic rings. The Morgan fingerprint density at radius 1 is 1.41 bits per heavy atom. The number of nitrogens with zero attached hydrogens (tertiary/aromatic N) is 2. The van der Waals surface area contributed by atoms with Crippen LogP contribution in [0.15, 0.2) is 24.3 Å². The number of hydrogen-bond acceptors (Lipinski definition) is 4. The van der Waals surface area contributed by atoms with Crippen LogP contribution in [0.3, 0.4) is 0 Å². The first kappa shape index (κ1) is 11.4. The first-order valence-electron chi connectivity index (χ1n) is 5.32. The molecule has 17 heavy (non-hydrogen) atoms. The zero-order valence-corrected chi connectivity index (χ0v) is 9.17. The molecule has 1 fully saturated rings. The van der Waals surface area contributed by atoms with Crippen molar-refractivity contribution in [2.45, 2.75) is 13.0 Å². The largest absolute Gasteiger partial charge is 0.449 e. The van der Waals surface area contributed by atoms with Crippen molar-refractivity contribution >= 4 is 11.8 Å². The molecule has 6 nitrogen and oxygen atoms in total. The lowest BCUT2D eigenvalue weighted by molar-refractivity contribution is -0.385. The van der Waals surface area contributed by atoms with E-state index in [1.807, 2.05) is 0 Å². The van der Waals surface area contributed by atoms with Crippen LogP contribution in [0.1, 0.15) is 12.0 Å². The average Bonchev–Trinajstić information content (AvgIpc) is 2.32. The van der Waals surface area contributed by atoms with Crippen molar-refractivity contribution in [3.8, 4) is 0 Å². The van der Waals surface area contributed by atoms with Gasteiger partial charge in [0.05, 0.1) is 18.1 Å². The van der Waals surface area contributed by atoms with Crippen molar-refractivity contribution in [1.82, 2.24) is 4.90 Å². The maximum atomic E-state index is 11.4. The summed E-state index contributed by atoms with van der Waals surface area (Å²) in [5, 5.41) is 10.8. The fourth-order valence-electron chi connectivity index (χ4n) is 1.77. The third-order valence-corrected chi connectivity index (χ3v) is 2.61. The fraction of sp³-hybridized carbons (Fsp3) is 0.364. The Morgan fingerprint density at radius 3 is 2.88 bits per heavy atom. The van der Waals surface area contributed by atoms with Gasteiger partial charge in [-0.15, -0.1) is 0 Å². The van der Waals surface area contributed by atoms with Gasteiger partial charge in [0.25, 0.3) is 5.69 Å². The number of hydrogen-bond donors (Lipinski definition) is 0. The molecule has 0 unspecified atom stereocenters. The minimum atomic E-state index is -0.440. The highest BCUT2D eigenvalue weighted by Crippen LogP contribution is 2.20. The van der Waals surface area contributed by atoms with E-state index in [2.05, 4.69) is 0 Å². The van der Waals surface area contributed by atoms with E-state index in [-0.39, 0.29) is 12.2 Å². The Bertz CT molecular complexity index is 447. The van der Waals surface area contributed by atoms with E-state index in [4.69, 9.17) is 4.74 Å². The van der Waals surface area contributed by atoms with Crippen molar-refractivity contribution in [3.63, 3.8) is 0 Å². The van der Waals surface area contributed by atoms with E-state index in [0.29, 0.717) is 18.7 Å². The van der Waals surface area contributed by atoms with Gasteiger partial charge in [-0.05, 0) is 6.42 Å². The first-order valence-corrected chi connectivity index (χ1v) is 5.32. The van der Waals surface area contributed by atoms with Gasteiger partial charge < -0.3 is 9.64 Å². The van der Waals surface area contributed by atoms with Crippen LogP contribution in [0.4, 0.5) is 10.5 Å². The van der Waals surface area contributed by atoms with Gasteiger partial charge in [0, 0.05) is 18.2 Å². The molecule has 1 aliphatic heterocycles. The topological polar surface area (TPSA) is 72.7 Å². The summed E-state index contributed by atoms with van der Waals surface area (Å²) < 4.78 is 4.88. The highest BCUT2D eigenvalue weighted by atomic mass is 16.6. The van der Waals surface area contributed by atoms with Crippen molar-refractivity contribution in [2.24, 2.45) is 0 Å². The summed E-state index contributed by atoms with van der Waals surface area (Å²) in [6.07, 6.45) is 0.348. The Labute approximate surface area is 97.9 Å². The highest BCUT2D eigenvalue weighted by Gasteiger charge is 2.22. The number of cyclic esters (lactones) is 1. The molecule has 1 heterocycles. The number of ether oxygens (including phenoxy) is 1. The zero-order valence-electron chi connectivity index (χ0n) is 9.17. The van der Waals surface area contributed by atoms with E-state index in [9.17, 15) is 14.9 Å². The minimum Gasteiger partial charge on any atom is -0.449 e. The molecule has 6 heteroatoms. The van der Waals surface area contributed by atoms with E-state index in [1.165, 1.54) is 11.0 Å². The van der Waals surface area contributed by atoms with Gasteiger partial charge in [-0.1, -0.05) is 18.2 Å².